The highest BCUT2D eigenvalue weighted by Crippen LogP contribution is 2.18. The lowest BCUT2D eigenvalue weighted by Gasteiger charge is -2.08. The van der Waals surface area contributed by atoms with Gasteiger partial charge in [0.15, 0.2) is 0 Å². The summed E-state index contributed by atoms with van der Waals surface area (Å²) in [5.74, 6) is 5.61. The highest BCUT2D eigenvalue weighted by Gasteiger charge is 2.12. The van der Waals surface area contributed by atoms with Crippen molar-refractivity contribution in [2.45, 2.75) is 20.3 Å². The molecule has 108 valence electrons. The number of amides is 1. The third-order valence-corrected chi connectivity index (χ3v) is 2.96. The summed E-state index contributed by atoms with van der Waals surface area (Å²) in [7, 11) is 0. The molecule has 1 heterocycles. The van der Waals surface area contributed by atoms with Gasteiger partial charge in [0, 0.05) is 17.7 Å². The lowest BCUT2D eigenvalue weighted by molar-refractivity contribution is 0.102. The lowest BCUT2D eigenvalue weighted by Crippen LogP contribution is -2.13. The van der Waals surface area contributed by atoms with Crippen molar-refractivity contribution in [2.75, 3.05) is 11.9 Å². The molecule has 2 rings (SSSR count). The zero-order valence-corrected chi connectivity index (χ0v) is 12.0. The molecular formula is C16H17N3O2. The molecule has 0 fully saturated rings. The first-order valence-electron chi connectivity index (χ1n) is 6.63. The Morgan fingerprint density at radius 3 is 2.90 bits per heavy atom. The summed E-state index contributed by atoms with van der Waals surface area (Å²) in [6.07, 6.45) is 1.90. The minimum absolute atomic E-state index is 0.0225. The normalized spacial score (nSPS) is 9.86. The summed E-state index contributed by atoms with van der Waals surface area (Å²) >= 11 is 0. The molecule has 1 amide bonds. The fourth-order valence-corrected chi connectivity index (χ4v) is 1.85. The highest BCUT2D eigenvalue weighted by atomic mass is 16.2. The van der Waals surface area contributed by atoms with Crippen LogP contribution >= 0.6 is 0 Å². The van der Waals surface area contributed by atoms with Gasteiger partial charge in [-0.3, -0.25) is 9.89 Å². The number of aliphatic hydroxyl groups is 1. The van der Waals surface area contributed by atoms with Crippen LogP contribution in [0.4, 0.5) is 5.69 Å². The second-order valence-corrected chi connectivity index (χ2v) is 4.69. The Balaban J connectivity index is 2.26. The average molecular weight is 283 g/mol. The number of nitrogens with zero attached hydrogens (tertiary/aromatic N) is 1. The summed E-state index contributed by atoms with van der Waals surface area (Å²) < 4.78 is 0. The average Bonchev–Trinajstić information content (AvgIpc) is 2.88. The Morgan fingerprint density at radius 1 is 1.43 bits per heavy atom. The van der Waals surface area contributed by atoms with Crippen molar-refractivity contribution < 1.29 is 9.90 Å². The molecule has 5 nitrogen and oxygen atoms in total. The molecule has 2 aromatic rings. The molecule has 21 heavy (non-hydrogen) atoms. The molecule has 1 aromatic carbocycles. The van der Waals surface area contributed by atoms with Gasteiger partial charge < -0.3 is 10.4 Å². The van der Waals surface area contributed by atoms with Crippen LogP contribution < -0.4 is 5.32 Å². The minimum Gasteiger partial charge on any atom is -0.395 e. The van der Waals surface area contributed by atoms with Crippen LogP contribution in [-0.2, 0) is 0 Å². The fourth-order valence-electron chi connectivity index (χ4n) is 1.85. The van der Waals surface area contributed by atoms with E-state index in [-0.39, 0.29) is 12.5 Å². The van der Waals surface area contributed by atoms with Crippen molar-refractivity contribution in [3.05, 3.63) is 46.8 Å². The number of carbonyl (C=O) groups is 1. The van der Waals surface area contributed by atoms with E-state index in [0.29, 0.717) is 23.4 Å². The number of rotatable bonds is 3. The number of aromatic nitrogens is 2. The molecule has 0 aliphatic rings. The second-order valence-electron chi connectivity index (χ2n) is 4.69. The first-order chi connectivity index (χ1) is 10.1. The summed E-state index contributed by atoms with van der Waals surface area (Å²) in [6.45, 7) is 3.77. The van der Waals surface area contributed by atoms with E-state index in [1.54, 1.807) is 6.92 Å². The van der Waals surface area contributed by atoms with Crippen LogP contribution in [0.1, 0.15) is 33.6 Å². The molecule has 0 radical (unpaired) electrons. The molecule has 0 atom stereocenters. The van der Waals surface area contributed by atoms with Gasteiger partial charge >= 0.3 is 0 Å². The summed E-state index contributed by atoms with van der Waals surface area (Å²) in [5.41, 5.74) is 3.66. The molecule has 0 aliphatic carbocycles. The fraction of sp³-hybridized carbons (Fsp3) is 0.250. The number of hydrogen-bond donors (Lipinski definition) is 3. The van der Waals surface area contributed by atoms with Crippen LogP contribution in [0.5, 0.6) is 0 Å². The molecule has 0 saturated heterocycles. The third-order valence-electron chi connectivity index (χ3n) is 2.96. The van der Waals surface area contributed by atoms with Crippen LogP contribution in [0.2, 0.25) is 0 Å². The zero-order chi connectivity index (χ0) is 15.2. The Hall–Kier alpha value is -2.58. The Morgan fingerprint density at radius 2 is 2.24 bits per heavy atom. The first kappa shape index (κ1) is 14.8. The maximum atomic E-state index is 12.2. The van der Waals surface area contributed by atoms with Crippen molar-refractivity contribution in [2.24, 2.45) is 0 Å². The van der Waals surface area contributed by atoms with E-state index in [4.69, 9.17) is 5.11 Å². The quantitative estimate of drug-likeness (QED) is 0.754. The molecule has 0 aliphatic heterocycles. The number of benzene rings is 1. The number of aryl methyl sites for hydroxylation is 2. The van der Waals surface area contributed by atoms with Crippen LogP contribution in [0.3, 0.4) is 0 Å². The first-order valence-corrected chi connectivity index (χ1v) is 6.63. The Bertz CT molecular complexity index is 708. The van der Waals surface area contributed by atoms with Crippen LogP contribution in [0, 0.1) is 25.7 Å². The molecule has 5 heteroatoms. The van der Waals surface area contributed by atoms with Crippen molar-refractivity contribution in [1.29, 1.82) is 0 Å². The third kappa shape index (κ3) is 3.71. The summed E-state index contributed by atoms with van der Waals surface area (Å²) in [6, 6.07) is 5.64. The van der Waals surface area contributed by atoms with Gasteiger partial charge in [0.1, 0.15) is 0 Å². The Labute approximate surface area is 123 Å². The van der Waals surface area contributed by atoms with Gasteiger partial charge in [-0.15, -0.1) is 0 Å². The number of nitrogens with one attached hydrogen (secondary N) is 2. The number of hydrogen-bond acceptors (Lipinski definition) is 3. The summed E-state index contributed by atoms with van der Waals surface area (Å²) in [5, 5.41) is 18.2. The molecule has 0 saturated carbocycles. The number of aromatic amines is 1. The maximum Gasteiger partial charge on any atom is 0.259 e. The van der Waals surface area contributed by atoms with Gasteiger partial charge in [-0.2, -0.15) is 5.10 Å². The van der Waals surface area contributed by atoms with Gasteiger partial charge in [0.25, 0.3) is 5.91 Å². The van der Waals surface area contributed by atoms with E-state index in [1.165, 1.54) is 6.20 Å². The smallest absolute Gasteiger partial charge is 0.259 e. The monoisotopic (exact) mass is 283 g/mol. The SMILES string of the molecule is Cc1ccc(NC(=O)c2cn[nH]c2C)c(C#CCCO)c1. The topological polar surface area (TPSA) is 78.0 Å². The van der Waals surface area contributed by atoms with E-state index in [2.05, 4.69) is 27.4 Å². The minimum atomic E-state index is -0.227. The number of H-pyrrole nitrogens is 1. The number of aliphatic hydroxyl groups excluding tert-OH is 1. The molecule has 1 aromatic heterocycles. The molecule has 0 unspecified atom stereocenters. The van der Waals surface area contributed by atoms with Gasteiger partial charge in [-0.1, -0.05) is 17.9 Å². The molecule has 3 N–H and O–H groups in total. The van der Waals surface area contributed by atoms with Crippen LogP contribution in [0.15, 0.2) is 24.4 Å². The van der Waals surface area contributed by atoms with E-state index in [9.17, 15) is 4.79 Å². The van der Waals surface area contributed by atoms with Crippen LogP contribution in [-0.4, -0.2) is 27.8 Å². The van der Waals surface area contributed by atoms with E-state index in [1.807, 2.05) is 25.1 Å². The lowest BCUT2D eigenvalue weighted by atomic mass is 10.1. The van der Waals surface area contributed by atoms with E-state index >= 15 is 0 Å². The van der Waals surface area contributed by atoms with Crippen molar-refractivity contribution in [3.63, 3.8) is 0 Å². The van der Waals surface area contributed by atoms with Gasteiger partial charge in [0.2, 0.25) is 0 Å². The van der Waals surface area contributed by atoms with Gasteiger partial charge in [-0.25, -0.2) is 0 Å². The highest BCUT2D eigenvalue weighted by molar-refractivity contribution is 6.05. The standard InChI is InChI=1S/C16H17N3O2/c1-11-6-7-15(13(9-11)5-3-4-8-20)18-16(21)14-10-17-19-12(14)2/h6-7,9-10,20H,4,8H2,1-2H3,(H,17,19)(H,18,21). The molecular weight excluding hydrogens is 266 g/mol. The van der Waals surface area contributed by atoms with Gasteiger partial charge in [-0.05, 0) is 31.5 Å². The van der Waals surface area contributed by atoms with E-state index in [0.717, 1.165) is 11.1 Å². The maximum absolute atomic E-state index is 12.2. The van der Waals surface area contributed by atoms with Crippen molar-refractivity contribution in [1.82, 2.24) is 10.2 Å². The largest absolute Gasteiger partial charge is 0.395 e. The predicted octanol–water partition coefficient (Wildman–Crippen LogP) is 2.01. The van der Waals surface area contributed by atoms with Crippen molar-refractivity contribution in [3.8, 4) is 11.8 Å². The second kappa shape index (κ2) is 6.73. The molecule has 0 bridgehead atoms. The summed E-state index contributed by atoms with van der Waals surface area (Å²) in [4.78, 5) is 12.2. The number of anilines is 1. The van der Waals surface area contributed by atoms with Gasteiger partial charge in [0.05, 0.1) is 24.1 Å². The molecule has 0 spiro atoms. The number of carbonyl (C=O) groups excluding carboxylic acids is 1. The predicted molar refractivity (Wildman–Crippen MR) is 81.0 cm³/mol. The Kier molecular flexibility index (Phi) is 4.75. The van der Waals surface area contributed by atoms with Crippen molar-refractivity contribution >= 4 is 11.6 Å². The van der Waals surface area contributed by atoms with Crippen LogP contribution in [0.25, 0.3) is 0 Å². The van der Waals surface area contributed by atoms with E-state index < -0.39 is 0 Å². The zero-order valence-electron chi connectivity index (χ0n) is 12.0.